The third-order valence-corrected chi connectivity index (χ3v) is 6.05. The van der Waals surface area contributed by atoms with Gasteiger partial charge in [0, 0.05) is 43.4 Å². The zero-order valence-electron chi connectivity index (χ0n) is 16.0. The molecule has 0 unspecified atom stereocenters. The van der Waals surface area contributed by atoms with Gasteiger partial charge in [-0.3, -0.25) is 4.90 Å². The Morgan fingerprint density at radius 1 is 0.889 bits per heavy atom. The number of halogens is 1. The Hall–Kier alpha value is -1.71. The van der Waals surface area contributed by atoms with Gasteiger partial charge in [-0.2, -0.15) is 0 Å². The highest BCUT2D eigenvalue weighted by molar-refractivity contribution is 6.30. The van der Waals surface area contributed by atoms with Crippen LogP contribution in [0.15, 0.2) is 42.5 Å². The van der Waals surface area contributed by atoms with Gasteiger partial charge >= 0.3 is 0 Å². The molecule has 2 aromatic rings. The molecule has 3 nitrogen and oxygen atoms in total. The summed E-state index contributed by atoms with van der Waals surface area (Å²) in [5, 5.41) is 0.803. The number of hydrogen-bond donors (Lipinski definition) is 0. The van der Waals surface area contributed by atoms with E-state index in [1.165, 1.54) is 42.5 Å². The van der Waals surface area contributed by atoms with Crippen LogP contribution in [-0.2, 0) is 12.8 Å². The van der Waals surface area contributed by atoms with Crippen molar-refractivity contribution in [1.82, 2.24) is 4.90 Å². The number of fused-ring (bicyclic) bond motifs is 1. The average molecular weight is 385 g/mol. The summed E-state index contributed by atoms with van der Waals surface area (Å²) in [4.78, 5) is 5.00. The van der Waals surface area contributed by atoms with Gasteiger partial charge in [-0.15, -0.1) is 0 Å². The second-order valence-corrected chi connectivity index (χ2v) is 8.04. The first-order valence-electron chi connectivity index (χ1n) is 10.3. The largest absolute Gasteiger partial charge is 0.493 e. The van der Waals surface area contributed by atoms with E-state index in [0.29, 0.717) is 0 Å². The number of nitrogens with zero attached hydrogens (tertiary/aromatic N) is 2. The fraction of sp³-hybridized carbons (Fsp3) is 0.478. The minimum Gasteiger partial charge on any atom is -0.493 e. The minimum absolute atomic E-state index is 0.803. The molecule has 0 spiro atoms. The molecule has 1 aliphatic carbocycles. The van der Waals surface area contributed by atoms with E-state index in [0.717, 1.165) is 56.5 Å². The molecule has 0 amide bonds. The Bertz CT molecular complexity index is 739. The summed E-state index contributed by atoms with van der Waals surface area (Å²) >= 11 is 5.99. The number of aryl methyl sites for hydroxylation is 1. The molecule has 27 heavy (non-hydrogen) atoms. The molecular weight excluding hydrogens is 356 g/mol. The van der Waals surface area contributed by atoms with Gasteiger partial charge in [0.05, 0.1) is 6.61 Å². The van der Waals surface area contributed by atoms with Crippen LogP contribution in [0.2, 0.25) is 5.02 Å². The first-order valence-corrected chi connectivity index (χ1v) is 10.6. The van der Waals surface area contributed by atoms with E-state index in [1.807, 2.05) is 12.1 Å². The summed E-state index contributed by atoms with van der Waals surface area (Å²) in [5.74, 6) is 1.12. The van der Waals surface area contributed by atoms with Crippen molar-refractivity contribution in [1.29, 1.82) is 0 Å². The second-order valence-electron chi connectivity index (χ2n) is 7.61. The van der Waals surface area contributed by atoms with E-state index < -0.39 is 0 Å². The highest BCUT2D eigenvalue weighted by atomic mass is 35.5. The van der Waals surface area contributed by atoms with E-state index in [-0.39, 0.29) is 0 Å². The summed E-state index contributed by atoms with van der Waals surface area (Å²) in [7, 11) is 0. The fourth-order valence-electron chi connectivity index (χ4n) is 4.23. The van der Waals surface area contributed by atoms with Gasteiger partial charge in [0.15, 0.2) is 0 Å². The first kappa shape index (κ1) is 18.6. The molecular formula is C23H29ClN2O. The third-order valence-electron chi connectivity index (χ3n) is 5.79. The number of piperazine rings is 1. The van der Waals surface area contributed by atoms with Crippen molar-refractivity contribution in [2.24, 2.45) is 0 Å². The van der Waals surface area contributed by atoms with Gasteiger partial charge < -0.3 is 9.64 Å². The van der Waals surface area contributed by atoms with Gasteiger partial charge in [-0.1, -0.05) is 23.7 Å². The molecule has 1 saturated heterocycles. The smallest absolute Gasteiger partial charge is 0.122 e. The van der Waals surface area contributed by atoms with Crippen LogP contribution in [-0.4, -0.2) is 44.2 Å². The van der Waals surface area contributed by atoms with Crippen LogP contribution in [0, 0.1) is 0 Å². The standard InChI is InChI=1S/C23H29ClN2O/c24-20-9-11-21(12-10-20)26-16-14-25(15-17-26)13-4-18-27-23-8-3-6-19-5-1-2-7-22(19)23/h3,6,8-12H,1-2,4-5,7,13-18H2. The Kier molecular flexibility index (Phi) is 6.21. The number of anilines is 1. The van der Waals surface area contributed by atoms with Crippen LogP contribution in [0.5, 0.6) is 5.75 Å². The lowest BCUT2D eigenvalue weighted by molar-refractivity contribution is 0.224. The highest BCUT2D eigenvalue weighted by Gasteiger charge is 2.17. The summed E-state index contributed by atoms with van der Waals surface area (Å²) in [6.07, 6.45) is 6.09. The van der Waals surface area contributed by atoms with Crippen LogP contribution in [0.1, 0.15) is 30.4 Å². The van der Waals surface area contributed by atoms with Crippen molar-refractivity contribution in [2.75, 3.05) is 44.2 Å². The minimum atomic E-state index is 0.803. The summed E-state index contributed by atoms with van der Waals surface area (Å²) in [6, 6.07) is 14.7. The normalized spacial score (nSPS) is 17.6. The molecule has 1 fully saturated rings. The molecule has 1 heterocycles. The van der Waals surface area contributed by atoms with Crippen molar-refractivity contribution in [3.63, 3.8) is 0 Å². The van der Waals surface area contributed by atoms with E-state index in [4.69, 9.17) is 16.3 Å². The molecule has 4 rings (SSSR count). The zero-order chi connectivity index (χ0) is 18.5. The fourth-order valence-corrected chi connectivity index (χ4v) is 4.36. The molecule has 0 aromatic heterocycles. The Balaban J connectivity index is 1.19. The van der Waals surface area contributed by atoms with Gasteiger partial charge in [0.25, 0.3) is 0 Å². The number of rotatable bonds is 6. The number of ether oxygens (including phenoxy) is 1. The van der Waals surface area contributed by atoms with Gasteiger partial charge in [0.2, 0.25) is 0 Å². The number of benzene rings is 2. The van der Waals surface area contributed by atoms with Crippen LogP contribution in [0.25, 0.3) is 0 Å². The third kappa shape index (κ3) is 4.77. The van der Waals surface area contributed by atoms with Gasteiger partial charge in [0.1, 0.15) is 5.75 Å². The lowest BCUT2D eigenvalue weighted by atomic mass is 9.91. The quantitative estimate of drug-likeness (QED) is 0.664. The van der Waals surface area contributed by atoms with E-state index in [1.54, 1.807) is 0 Å². The molecule has 4 heteroatoms. The lowest BCUT2D eigenvalue weighted by Crippen LogP contribution is -2.46. The van der Waals surface area contributed by atoms with Gasteiger partial charge in [-0.25, -0.2) is 0 Å². The van der Waals surface area contributed by atoms with Crippen molar-refractivity contribution in [3.05, 3.63) is 58.6 Å². The molecule has 0 radical (unpaired) electrons. The van der Waals surface area contributed by atoms with Crippen molar-refractivity contribution in [3.8, 4) is 5.75 Å². The maximum atomic E-state index is 6.15. The summed E-state index contributed by atoms with van der Waals surface area (Å²) in [6.45, 7) is 6.31. The summed E-state index contributed by atoms with van der Waals surface area (Å²) < 4.78 is 6.15. The Morgan fingerprint density at radius 3 is 2.48 bits per heavy atom. The van der Waals surface area contributed by atoms with Crippen molar-refractivity contribution >= 4 is 17.3 Å². The first-order chi connectivity index (χ1) is 13.3. The summed E-state index contributed by atoms with van der Waals surface area (Å²) in [5.41, 5.74) is 4.23. The molecule has 2 aliphatic rings. The molecule has 1 aliphatic heterocycles. The maximum absolute atomic E-state index is 6.15. The van der Waals surface area contributed by atoms with Crippen LogP contribution < -0.4 is 9.64 Å². The highest BCUT2D eigenvalue weighted by Crippen LogP contribution is 2.29. The maximum Gasteiger partial charge on any atom is 0.122 e. The molecule has 0 N–H and O–H groups in total. The van der Waals surface area contributed by atoms with Crippen molar-refractivity contribution in [2.45, 2.75) is 32.1 Å². The Labute approximate surface area is 167 Å². The average Bonchev–Trinajstić information content (AvgIpc) is 2.72. The van der Waals surface area contributed by atoms with Crippen LogP contribution in [0.4, 0.5) is 5.69 Å². The van der Waals surface area contributed by atoms with E-state index in [2.05, 4.69) is 40.1 Å². The monoisotopic (exact) mass is 384 g/mol. The Morgan fingerprint density at radius 2 is 1.67 bits per heavy atom. The van der Waals surface area contributed by atoms with Crippen LogP contribution >= 0.6 is 11.6 Å². The predicted octanol–water partition coefficient (Wildman–Crippen LogP) is 4.81. The van der Waals surface area contributed by atoms with Gasteiger partial charge in [-0.05, 0) is 73.6 Å². The number of hydrogen-bond acceptors (Lipinski definition) is 3. The predicted molar refractivity (Wildman–Crippen MR) is 113 cm³/mol. The SMILES string of the molecule is Clc1ccc(N2CCN(CCCOc3cccc4c3CCCC4)CC2)cc1. The second kappa shape index (κ2) is 8.99. The molecule has 0 saturated carbocycles. The van der Waals surface area contributed by atoms with Crippen molar-refractivity contribution < 1.29 is 4.74 Å². The molecule has 2 aromatic carbocycles. The van der Waals surface area contributed by atoms with E-state index in [9.17, 15) is 0 Å². The molecule has 0 bridgehead atoms. The topological polar surface area (TPSA) is 15.7 Å². The van der Waals surface area contributed by atoms with Crippen LogP contribution in [0.3, 0.4) is 0 Å². The van der Waals surface area contributed by atoms with E-state index >= 15 is 0 Å². The zero-order valence-corrected chi connectivity index (χ0v) is 16.8. The molecule has 144 valence electrons. The lowest BCUT2D eigenvalue weighted by Gasteiger charge is -2.36. The molecule has 0 atom stereocenters.